The normalized spacial score (nSPS) is 12.5. The van der Waals surface area contributed by atoms with Crippen molar-refractivity contribution >= 4 is 5.91 Å². The van der Waals surface area contributed by atoms with Crippen LogP contribution in [0, 0.1) is 5.82 Å². The minimum absolute atomic E-state index is 0.146. The number of aromatic nitrogens is 2. The Labute approximate surface area is 182 Å². The van der Waals surface area contributed by atoms with Gasteiger partial charge in [0.15, 0.2) is 0 Å². The SMILES string of the molecule is CN(CCCCCc1cc(-c2cccc(F)c2)n[nH]1)C(=O)Cc1ccc2c(c1)CCO2. The van der Waals surface area contributed by atoms with E-state index in [-0.39, 0.29) is 11.7 Å². The number of benzene rings is 2. The number of ether oxygens (including phenoxy) is 1. The number of unbranched alkanes of at least 4 members (excludes halogenated alkanes) is 2. The summed E-state index contributed by atoms with van der Waals surface area (Å²) in [5, 5.41) is 7.33. The van der Waals surface area contributed by atoms with Crippen LogP contribution in [0.1, 0.15) is 36.1 Å². The third-order valence-electron chi connectivity index (χ3n) is 5.73. The number of carbonyl (C=O) groups excluding carboxylic acids is 1. The molecule has 0 atom stereocenters. The van der Waals surface area contributed by atoms with Gasteiger partial charge in [0.2, 0.25) is 5.91 Å². The third kappa shape index (κ3) is 5.51. The maximum atomic E-state index is 13.4. The second-order valence-corrected chi connectivity index (χ2v) is 8.13. The number of likely N-dealkylation sites (N-methyl/N-ethyl adjacent to an activating group) is 1. The standard InChI is InChI=1S/C25H28FN3O2/c1-29(25(30)15-18-9-10-24-20(14-18)11-13-31-24)12-4-2-3-8-22-17-23(28-27-22)19-6-5-7-21(26)16-19/h5-7,9-10,14,16-17H,2-4,8,11-13,15H2,1H3,(H,27,28). The van der Waals surface area contributed by atoms with Crippen molar-refractivity contribution in [1.82, 2.24) is 15.1 Å². The van der Waals surface area contributed by atoms with Crippen molar-refractivity contribution in [2.45, 2.75) is 38.5 Å². The molecule has 2 heterocycles. The van der Waals surface area contributed by atoms with Gasteiger partial charge in [0.1, 0.15) is 11.6 Å². The van der Waals surface area contributed by atoms with Crippen LogP contribution in [-0.4, -0.2) is 41.2 Å². The van der Waals surface area contributed by atoms with Crippen molar-refractivity contribution in [1.29, 1.82) is 0 Å². The number of aryl methyl sites for hydroxylation is 1. The molecular formula is C25H28FN3O2. The Morgan fingerprint density at radius 1 is 1.16 bits per heavy atom. The Balaban J connectivity index is 1.16. The zero-order chi connectivity index (χ0) is 21.6. The molecule has 0 saturated carbocycles. The summed E-state index contributed by atoms with van der Waals surface area (Å²) < 4.78 is 18.9. The second kappa shape index (κ2) is 9.77. The molecule has 1 aromatic heterocycles. The van der Waals surface area contributed by atoms with Crippen LogP contribution in [0.2, 0.25) is 0 Å². The molecule has 0 fully saturated rings. The second-order valence-electron chi connectivity index (χ2n) is 8.13. The van der Waals surface area contributed by atoms with E-state index in [0.29, 0.717) is 6.42 Å². The van der Waals surface area contributed by atoms with Crippen LogP contribution in [0.4, 0.5) is 4.39 Å². The van der Waals surface area contributed by atoms with Crippen molar-refractivity contribution in [3.05, 3.63) is 71.2 Å². The summed E-state index contributed by atoms with van der Waals surface area (Å²) in [4.78, 5) is 14.3. The van der Waals surface area contributed by atoms with Gasteiger partial charge in [0.05, 0.1) is 18.7 Å². The molecular weight excluding hydrogens is 393 g/mol. The van der Waals surface area contributed by atoms with Gasteiger partial charge >= 0.3 is 0 Å². The number of hydrogen-bond acceptors (Lipinski definition) is 3. The van der Waals surface area contributed by atoms with E-state index in [1.165, 1.54) is 17.7 Å². The molecule has 0 unspecified atom stereocenters. The average molecular weight is 422 g/mol. The highest BCUT2D eigenvalue weighted by molar-refractivity contribution is 5.78. The molecule has 1 N–H and O–H groups in total. The molecule has 5 nitrogen and oxygen atoms in total. The molecule has 0 spiro atoms. The molecule has 1 aliphatic rings. The Kier molecular flexibility index (Phi) is 6.65. The van der Waals surface area contributed by atoms with Gasteiger partial charge in [-0.25, -0.2) is 4.39 Å². The third-order valence-corrected chi connectivity index (χ3v) is 5.73. The van der Waals surface area contributed by atoms with Crippen molar-refractivity contribution in [3.8, 4) is 17.0 Å². The summed E-state index contributed by atoms with van der Waals surface area (Å²) in [6, 6.07) is 14.5. The number of nitrogens with zero attached hydrogens (tertiary/aromatic N) is 2. The van der Waals surface area contributed by atoms with Gasteiger partial charge in [-0.15, -0.1) is 0 Å². The summed E-state index contributed by atoms with van der Waals surface area (Å²) in [6.07, 6.45) is 5.25. The quantitative estimate of drug-likeness (QED) is 0.515. The summed E-state index contributed by atoms with van der Waals surface area (Å²) >= 11 is 0. The van der Waals surface area contributed by atoms with Crippen LogP contribution in [-0.2, 0) is 24.1 Å². The van der Waals surface area contributed by atoms with Gasteiger partial charge in [0, 0.05) is 31.3 Å². The molecule has 4 rings (SSSR count). The smallest absolute Gasteiger partial charge is 0.226 e. The van der Waals surface area contributed by atoms with E-state index in [1.807, 2.05) is 36.2 Å². The van der Waals surface area contributed by atoms with Crippen LogP contribution in [0.15, 0.2) is 48.5 Å². The molecule has 0 saturated heterocycles. The summed E-state index contributed by atoms with van der Waals surface area (Å²) in [5.41, 5.74) is 4.84. The van der Waals surface area contributed by atoms with E-state index in [9.17, 15) is 9.18 Å². The summed E-state index contributed by atoms with van der Waals surface area (Å²) in [6.45, 7) is 1.49. The Morgan fingerprint density at radius 3 is 2.94 bits per heavy atom. The minimum atomic E-state index is -0.258. The van der Waals surface area contributed by atoms with E-state index in [1.54, 1.807) is 6.07 Å². The highest BCUT2D eigenvalue weighted by atomic mass is 19.1. The first-order valence-electron chi connectivity index (χ1n) is 10.9. The molecule has 6 heteroatoms. The molecule has 162 valence electrons. The van der Waals surface area contributed by atoms with Crippen molar-refractivity contribution in [3.63, 3.8) is 0 Å². The van der Waals surface area contributed by atoms with Gasteiger partial charge in [-0.3, -0.25) is 9.89 Å². The van der Waals surface area contributed by atoms with Gasteiger partial charge < -0.3 is 9.64 Å². The molecule has 31 heavy (non-hydrogen) atoms. The largest absolute Gasteiger partial charge is 0.493 e. The van der Waals surface area contributed by atoms with Gasteiger partial charge in [-0.05, 0) is 54.7 Å². The van der Waals surface area contributed by atoms with E-state index in [0.717, 1.165) is 73.5 Å². The first kappa shape index (κ1) is 21.1. The van der Waals surface area contributed by atoms with Crippen LogP contribution in [0.5, 0.6) is 5.75 Å². The lowest BCUT2D eigenvalue weighted by Crippen LogP contribution is -2.29. The van der Waals surface area contributed by atoms with Crippen LogP contribution in [0.25, 0.3) is 11.3 Å². The zero-order valence-corrected chi connectivity index (χ0v) is 17.9. The fourth-order valence-electron chi connectivity index (χ4n) is 3.91. The number of aromatic amines is 1. The van der Waals surface area contributed by atoms with Crippen LogP contribution in [0.3, 0.4) is 0 Å². The van der Waals surface area contributed by atoms with Crippen molar-refractivity contribution in [2.24, 2.45) is 0 Å². The highest BCUT2D eigenvalue weighted by Gasteiger charge is 2.15. The average Bonchev–Trinajstić information content (AvgIpc) is 3.42. The number of carbonyl (C=O) groups is 1. The molecule has 1 amide bonds. The molecule has 0 aliphatic carbocycles. The van der Waals surface area contributed by atoms with Gasteiger partial charge in [-0.1, -0.05) is 30.7 Å². The van der Waals surface area contributed by atoms with Gasteiger partial charge in [0.25, 0.3) is 0 Å². The number of fused-ring (bicyclic) bond motifs is 1. The van der Waals surface area contributed by atoms with E-state index >= 15 is 0 Å². The topological polar surface area (TPSA) is 58.2 Å². The zero-order valence-electron chi connectivity index (χ0n) is 17.9. The predicted molar refractivity (Wildman–Crippen MR) is 119 cm³/mol. The van der Waals surface area contributed by atoms with E-state index in [4.69, 9.17) is 4.74 Å². The summed E-state index contributed by atoms with van der Waals surface area (Å²) in [5.74, 6) is 0.836. The van der Waals surface area contributed by atoms with E-state index in [2.05, 4.69) is 16.3 Å². The first-order chi connectivity index (χ1) is 15.1. The minimum Gasteiger partial charge on any atom is -0.493 e. The number of hydrogen-bond donors (Lipinski definition) is 1. The Morgan fingerprint density at radius 2 is 2.06 bits per heavy atom. The number of amides is 1. The molecule has 0 radical (unpaired) electrons. The van der Waals surface area contributed by atoms with Crippen LogP contribution < -0.4 is 4.74 Å². The lowest BCUT2D eigenvalue weighted by Gasteiger charge is -2.17. The molecule has 3 aromatic rings. The van der Waals surface area contributed by atoms with Crippen molar-refractivity contribution < 1.29 is 13.9 Å². The van der Waals surface area contributed by atoms with Crippen molar-refractivity contribution in [2.75, 3.05) is 20.2 Å². The number of rotatable bonds is 9. The Hall–Kier alpha value is -3.15. The Bertz CT molecular complexity index is 1050. The maximum absolute atomic E-state index is 13.4. The number of H-pyrrole nitrogens is 1. The highest BCUT2D eigenvalue weighted by Crippen LogP contribution is 2.26. The molecule has 2 aromatic carbocycles. The molecule has 0 bridgehead atoms. The maximum Gasteiger partial charge on any atom is 0.226 e. The fraction of sp³-hybridized carbons (Fsp3) is 0.360. The fourth-order valence-corrected chi connectivity index (χ4v) is 3.91. The number of nitrogens with one attached hydrogen (secondary N) is 1. The lowest BCUT2D eigenvalue weighted by molar-refractivity contribution is -0.129. The first-order valence-corrected chi connectivity index (χ1v) is 10.9. The predicted octanol–water partition coefficient (Wildman–Crippen LogP) is 4.56. The van der Waals surface area contributed by atoms with Crippen LogP contribution >= 0.6 is 0 Å². The monoisotopic (exact) mass is 421 g/mol. The number of halogens is 1. The van der Waals surface area contributed by atoms with E-state index < -0.39 is 0 Å². The molecule has 1 aliphatic heterocycles. The lowest BCUT2D eigenvalue weighted by atomic mass is 10.1. The summed E-state index contributed by atoms with van der Waals surface area (Å²) in [7, 11) is 1.87. The van der Waals surface area contributed by atoms with Gasteiger partial charge in [-0.2, -0.15) is 5.10 Å².